The minimum Gasteiger partial charge on any atom is -0.338 e. The fraction of sp³-hybridized carbons (Fsp3) is 0.172. The molecule has 3 unspecified atom stereocenters. The van der Waals surface area contributed by atoms with E-state index in [1.54, 1.807) is 0 Å². The molecule has 3 heteroatoms. The standard InChI is InChI=1S/C29H25NO2/c1-4-10-22(11-5-1)23-18-16-21(17-19-23)20-29-28(32-29)31-27(25-14-8-3-9-15-25)26(30-29)24-12-6-2-7-13-24/h1-19,26-28,30H,20H2/t26?,27?,28?,29-/m0/s1. The fourth-order valence-corrected chi connectivity index (χ4v) is 4.70. The topological polar surface area (TPSA) is 33.8 Å². The monoisotopic (exact) mass is 419 g/mol. The highest BCUT2D eigenvalue weighted by atomic mass is 16.8. The average molecular weight is 420 g/mol. The number of fused-ring (bicyclic) bond motifs is 1. The molecule has 158 valence electrons. The molecule has 0 aromatic heterocycles. The predicted octanol–water partition coefficient (Wildman–Crippen LogP) is 6.05. The highest BCUT2D eigenvalue weighted by Crippen LogP contribution is 2.50. The highest BCUT2D eigenvalue weighted by molar-refractivity contribution is 5.63. The molecule has 4 aromatic carbocycles. The second kappa shape index (κ2) is 8.03. The molecule has 2 aliphatic heterocycles. The van der Waals surface area contributed by atoms with Crippen LogP contribution in [0.1, 0.15) is 28.8 Å². The molecular weight excluding hydrogens is 394 g/mol. The summed E-state index contributed by atoms with van der Waals surface area (Å²) in [6.07, 6.45) is 0.415. The summed E-state index contributed by atoms with van der Waals surface area (Å²) in [5.41, 5.74) is 5.55. The Hall–Kier alpha value is -3.24. The van der Waals surface area contributed by atoms with Crippen molar-refractivity contribution in [1.82, 2.24) is 5.32 Å². The molecule has 3 nitrogen and oxygen atoms in total. The Morgan fingerprint density at radius 2 is 1.19 bits per heavy atom. The number of benzene rings is 4. The predicted molar refractivity (Wildman–Crippen MR) is 126 cm³/mol. The largest absolute Gasteiger partial charge is 0.338 e. The van der Waals surface area contributed by atoms with Gasteiger partial charge in [0.1, 0.15) is 6.10 Å². The third-order valence-electron chi connectivity index (χ3n) is 6.43. The van der Waals surface area contributed by atoms with Crippen LogP contribution in [0.5, 0.6) is 0 Å². The molecule has 2 aliphatic rings. The van der Waals surface area contributed by atoms with E-state index >= 15 is 0 Å². The molecule has 0 radical (unpaired) electrons. The van der Waals surface area contributed by atoms with Crippen molar-refractivity contribution in [3.63, 3.8) is 0 Å². The Bertz CT molecular complexity index is 1180. The van der Waals surface area contributed by atoms with Crippen molar-refractivity contribution in [3.8, 4) is 11.1 Å². The Morgan fingerprint density at radius 3 is 1.84 bits per heavy atom. The smallest absolute Gasteiger partial charge is 0.203 e. The van der Waals surface area contributed by atoms with Gasteiger partial charge in [-0.1, -0.05) is 115 Å². The second-order valence-corrected chi connectivity index (χ2v) is 8.58. The van der Waals surface area contributed by atoms with E-state index in [-0.39, 0.29) is 18.4 Å². The Balaban J connectivity index is 1.26. The van der Waals surface area contributed by atoms with Crippen molar-refractivity contribution < 1.29 is 9.47 Å². The van der Waals surface area contributed by atoms with Crippen LogP contribution in [0, 0.1) is 0 Å². The number of hydrogen-bond acceptors (Lipinski definition) is 3. The number of hydrogen-bond donors (Lipinski definition) is 1. The number of rotatable bonds is 5. The molecule has 4 aromatic rings. The molecule has 0 spiro atoms. The first kappa shape index (κ1) is 19.4. The van der Waals surface area contributed by atoms with Gasteiger partial charge in [-0.15, -0.1) is 0 Å². The first-order valence-corrected chi connectivity index (χ1v) is 11.2. The van der Waals surface area contributed by atoms with E-state index in [9.17, 15) is 0 Å². The molecule has 2 heterocycles. The van der Waals surface area contributed by atoms with E-state index in [1.165, 1.54) is 22.3 Å². The van der Waals surface area contributed by atoms with Crippen LogP contribution in [0.4, 0.5) is 0 Å². The lowest BCUT2D eigenvalue weighted by Gasteiger charge is -2.35. The molecule has 2 saturated heterocycles. The van der Waals surface area contributed by atoms with Gasteiger partial charge in [-0.2, -0.15) is 0 Å². The first-order valence-electron chi connectivity index (χ1n) is 11.2. The molecule has 4 atom stereocenters. The number of ether oxygens (including phenoxy) is 2. The van der Waals surface area contributed by atoms with Gasteiger partial charge in [0.05, 0.1) is 6.04 Å². The SMILES string of the molecule is c1ccc(-c2ccc(C[C@@]34NC(c5ccccc5)C(c5ccccc5)OC3O4)cc2)cc1. The van der Waals surface area contributed by atoms with Crippen LogP contribution in [-0.4, -0.2) is 12.0 Å². The van der Waals surface area contributed by atoms with Crippen LogP contribution in [0.2, 0.25) is 0 Å². The summed E-state index contributed by atoms with van der Waals surface area (Å²) in [6, 6.07) is 40.1. The zero-order chi connectivity index (χ0) is 21.4. The third-order valence-corrected chi connectivity index (χ3v) is 6.43. The van der Waals surface area contributed by atoms with Crippen molar-refractivity contribution >= 4 is 0 Å². The van der Waals surface area contributed by atoms with Crippen molar-refractivity contribution in [1.29, 1.82) is 0 Å². The maximum atomic E-state index is 6.50. The molecule has 6 rings (SSSR count). The van der Waals surface area contributed by atoms with Gasteiger partial charge in [0.2, 0.25) is 6.29 Å². The molecule has 0 saturated carbocycles. The lowest BCUT2D eigenvalue weighted by molar-refractivity contribution is -0.0492. The molecule has 2 fully saturated rings. The summed E-state index contributed by atoms with van der Waals surface area (Å²) in [6.45, 7) is 0. The fourth-order valence-electron chi connectivity index (χ4n) is 4.70. The molecule has 1 N–H and O–H groups in total. The van der Waals surface area contributed by atoms with Crippen LogP contribution in [0.3, 0.4) is 0 Å². The second-order valence-electron chi connectivity index (χ2n) is 8.58. The van der Waals surface area contributed by atoms with Crippen LogP contribution in [-0.2, 0) is 15.9 Å². The summed E-state index contributed by atoms with van der Waals surface area (Å²) in [5, 5.41) is 3.82. The van der Waals surface area contributed by atoms with E-state index in [0.717, 1.165) is 12.0 Å². The van der Waals surface area contributed by atoms with E-state index in [4.69, 9.17) is 9.47 Å². The Labute approximate surface area is 188 Å². The summed E-state index contributed by atoms with van der Waals surface area (Å²) < 4.78 is 12.7. The van der Waals surface area contributed by atoms with Crippen molar-refractivity contribution in [2.24, 2.45) is 0 Å². The van der Waals surface area contributed by atoms with Gasteiger partial charge in [-0.25, -0.2) is 0 Å². The van der Waals surface area contributed by atoms with Crippen LogP contribution in [0.15, 0.2) is 115 Å². The van der Waals surface area contributed by atoms with Gasteiger partial charge >= 0.3 is 0 Å². The summed E-state index contributed by atoms with van der Waals surface area (Å²) in [5.74, 6) is 0. The van der Waals surface area contributed by atoms with Gasteiger partial charge in [0, 0.05) is 6.42 Å². The minimum atomic E-state index is -0.486. The quantitative estimate of drug-likeness (QED) is 0.400. The summed E-state index contributed by atoms with van der Waals surface area (Å²) in [4.78, 5) is 0. The summed E-state index contributed by atoms with van der Waals surface area (Å²) >= 11 is 0. The van der Waals surface area contributed by atoms with Crippen LogP contribution in [0.25, 0.3) is 11.1 Å². The van der Waals surface area contributed by atoms with Gasteiger partial charge in [0.15, 0.2) is 5.72 Å². The molecule has 0 aliphatic carbocycles. The first-order chi connectivity index (χ1) is 15.8. The van der Waals surface area contributed by atoms with Crippen molar-refractivity contribution in [3.05, 3.63) is 132 Å². The van der Waals surface area contributed by atoms with Gasteiger partial charge in [0.25, 0.3) is 0 Å². The zero-order valence-electron chi connectivity index (χ0n) is 17.7. The van der Waals surface area contributed by atoms with E-state index in [1.807, 2.05) is 18.2 Å². The maximum Gasteiger partial charge on any atom is 0.203 e. The van der Waals surface area contributed by atoms with E-state index in [0.29, 0.717) is 0 Å². The number of epoxide rings is 1. The van der Waals surface area contributed by atoms with Gasteiger partial charge < -0.3 is 9.47 Å². The van der Waals surface area contributed by atoms with Gasteiger partial charge in [-0.3, -0.25) is 5.32 Å². The van der Waals surface area contributed by atoms with Gasteiger partial charge in [-0.05, 0) is 27.8 Å². The van der Waals surface area contributed by atoms with Crippen molar-refractivity contribution in [2.75, 3.05) is 0 Å². The lowest BCUT2D eigenvalue weighted by Crippen LogP contribution is -2.47. The van der Waals surface area contributed by atoms with E-state index in [2.05, 4.69) is 102 Å². The third kappa shape index (κ3) is 3.65. The lowest BCUT2D eigenvalue weighted by atomic mass is 9.92. The molecule has 0 bridgehead atoms. The molecule has 0 amide bonds. The van der Waals surface area contributed by atoms with Crippen LogP contribution >= 0.6 is 0 Å². The zero-order valence-corrected chi connectivity index (χ0v) is 17.7. The highest BCUT2D eigenvalue weighted by Gasteiger charge is 2.63. The van der Waals surface area contributed by atoms with E-state index < -0.39 is 5.72 Å². The Kier molecular flexibility index (Phi) is 4.88. The molecule has 32 heavy (non-hydrogen) atoms. The number of morpholine rings is 1. The summed E-state index contributed by atoms with van der Waals surface area (Å²) in [7, 11) is 0. The molecular formula is C29H25NO2. The maximum absolute atomic E-state index is 6.50. The normalized spacial score (nSPS) is 26.3. The van der Waals surface area contributed by atoms with Crippen LogP contribution < -0.4 is 5.32 Å². The average Bonchev–Trinajstić information content (AvgIpc) is 3.58. The number of nitrogens with one attached hydrogen (secondary N) is 1. The minimum absolute atomic E-state index is 0.0148. The Morgan fingerprint density at radius 1 is 0.625 bits per heavy atom. The van der Waals surface area contributed by atoms with Crippen molar-refractivity contribution in [2.45, 2.75) is 30.6 Å².